The van der Waals surface area contributed by atoms with E-state index in [1.54, 1.807) is 11.8 Å². The number of piperidine rings is 1. The number of nitrogens with zero attached hydrogens (tertiary/aromatic N) is 3. The summed E-state index contributed by atoms with van der Waals surface area (Å²) in [6.07, 6.45) is 5.20. The number of carbonyl (C=O) groups is 1. The van der Waals surface area contributed by atoms with Gasteiger partial charge in [-0.3, -0.25) is 9.48 Å². The second-order valence-corrected chi connectivity index (χ2v) is 7.26. The van der Waals surface area contributed by atoms with Crippen molar-refractivity contribution in [2.45, 2.75) is 44.6 Å². The maximum atomic E-state index is 12.7. The minimum atomic E-state index is -0.0319. The number of rotatable bonds is 4. The van der Waals surface area contributed by atoms with Crippen LogP contribution in [0, 0.1) is 12.8 Å². The first-order chi connectivity index (χ1) is 11.5. The van der Waals surface area contributed by atoms with E-state index in [4.69, 9.17) is 9.47 Å². The summed E-state index contributed by atoms with van der Waals surface area (Å²) in [5.41, 5.74) is 1.52. The second-order valence-electron chi connectivity index (χ2n) is 7.26. The summed E-state index contributed by atoms with van der Waals surface area (Å²) >= 11 is 0. The maximum Gasteiger partial charge on any atom is 0.272 e. The first-order valence-electron chi connectivity index (χ1n) is 8.96. The average molecular weight is 335 g/mol. The highest BCUT2D eigenvalue weighted by Crippen LogP contribution is 2.39. The van der Waals surface area contributed by atoms with Crippen LogP contribution in [0.15, 0.2) is 6.07 Å². The molecular weight excluding hydrogens is 306 g/mol. The summed E-state index contributed by atoms with van der Waals surface area (Å²) in [5, 5.41) is 4.28. The minimum absolute atomic E-state index is 0.0319. The molecule has 0 saturated carbocycles. The average Bonchev–Trinajstić information content (AvgIpc) is 2.92. The first-order valence-corrected chi connectivity index (χ1v) is 8.96. The standard InChI is InChI=1S/C18H29N3O3/c1-14-12-16(20(2)19-14)17(22)21-8-6-18(7-9-21)13-15(4-10-23-3)5-11-24-18/h12,15H,4-11,13H2,1-3H3. The molecule has 0 bridgehead atoms. The van der Waals surface area contributed by atoms with Crippen LogP contribution in [0.4, 0.5) is 0 Å². The molecule has 0 aliphatic carbocycles. The SMILES string of the molecule is COCCC1CCOC2(CCN(C(=O)c3cc(C)nn3C)CC2)C1. The van der Waals surface area contributed by atoms with E-state index in [9.17, 15) is 4.79 Å². The van der Waals surface area contributed by atoms with Crippen LogP contribution in [0.25, 0.3) is 0 Å². The Bertz CT molecular complexity index is 576. The lowest BCUT2D eigenvalue weighted by molar-refractivity contribution is -0.125. The fourth-order valence-electron chi connectivity index (χ4n) is 4.10. The molecule has 24 heavy (non-hydrogen) atoms. The fourth-order valence-corrected chi connectivity index (χ4v) is 4.10. The zero-order chi connectivity index (χ0) is 17.2. The number of hydrogen-bond acceptors (Lipinski definition) is 4. The predicted octanol–water partition coefficient (Wildman–Crippen LogP) is 2.17. The summed E-state index contributed by atoms with van der Waals surface area (Å²) in [4.78, 5) is 14.7. The van der Waals surface area contributed by atoms with Crippen LogP contribution < -0.4 is 0 Å². The van der Waals surface area contributed by atoms with Gasteiger partial charge in [-0.15, -0.1) is 0 Å². The zero-order valence-electron chi connectivity index (χ0n) is 15.1. The molecule has 1 amide bonds. The van der Waals surface area contributed by atoms with Gasteiger partial charge in [-0.05, 0) is 51.0 Å². The molecule has 2 aliphatic rings. The van der Waals surface area contributed by atoms with Gasteiger partial charge in [0.2, 0.25) is 0 Å². The molecule has 2 saturated heterocycles. The van der Waals surface area contributed by atoms with E-state index in [0.29, 0.717) is 11.6 Å². The van der Waals surface area contributed by atoms with E-state index in [-0.39, 0.29) is 11.5 Å². The van der Waals surface area contributed by atoms with Crippen molar-refractivity contribution in [3.63, 3.8) is 0 Å². The highest BCUT2D eigenvalue weighted by molar-refractivity contribution is 5.92. The van der Waals surface area contributed by atoms with Crippen molar-refractivity contribution in [3.8, 4) is 0 Å². The molecule has 1 aromatic heterocycles. The van der Waals surface area contributed by atoms with Crippen LogP contribution in [0.1, 0.15) is 48.3 Å². The Morgan fingerprint density at radius 1 is 1.46 bits per heavy atom. The molecule has 3 rings (SSSR count). The molecule has 0 radical (unpaired) electrons. The minimum Gasteiger partial charge on any atom is -0.385 e. The van der Waals surface area contributed by atoms with Gasteiger partial charge in [0.15, 0.2) is 0 Å². The molecule has 1 spiro atoms. The van der Waals surface area contributed by atoms with Gasteiger partial charge < -0.3 is 14.4 Å². The van der Waals surface area contributed by atoms with E-state index >= 15 is 0 Å². The van der Waals surface area contributed by atoms with Crippen LogP contribution in [0.5, 0.6) is 0 Å². The number of likely N-dealkylation sites (tertiary alicyclic amines) is 1. The van der Waals surface area contributed by atoms with E-state index in [0.717, 1.165) is 64.1 Å². The number of aryl methyl sites for hydroxylation is 2. The maximum absolute atomic E-state index is 12.7. The lowest BCUT2D eigenvalue weighted by atomic mass is 9.78. The Hall–Kier alpha value is -1.40. The first kappa shape index (κ1) is 17.4. The van der Waals surface area contributed by atoms with Crippen molar-refractivity contribution in [1.82, 2.24) is 14.7 Å². The van der Waals surface area contributed by atoms with Crippen LogP contribution >= 0.6 is 0 Å². The number of hydrogen-bond donors (Lipinski definition) is 0. The zero-order valence-corrected chi connectivity index (χ0v) is 15.1. The van der Waals surface area contributed by atoms with Gasteiger partial charge >= 0.3 is 0 Å². The largest absolute Gasteiger partial charge is 0.385 e. The molecule has 2 aliphatic heterocycles. The van der Waals surface area contributed by atoms with E-state index in [2.05, 4.69) is 5.10 Å². The monoisotopic (exact) mass is 335 g/mol. The van der Waals surface area contributed by atoms with Crippen molar-refractivity contribution < 1.29 is 14.3 Å². The Balaban J connectivity index is 1.59. The lowest BCUT2D eigenvalue weighted by Crippen LogP contribution is -2.51. The van der Waals surface area contributed by atoms with Gasteiger partial charge in [0, 0.05) is 40.5 Å². The summed E-state index contributed by atoms with van der Waals surface area (Å²) < 4.78 is 13.1. The van der Waals surface area contributed by atoms with Gasteiger partial charge in [-0.25, -0.2) is 0 Å². The van der Waals surface area contributed by atoms with E-state index in [1.807, 2.05) is 24.9 Å². The molecule has 0 aromatic carbocycles. The van der Waals surface area contributed by atoms with Crippen LogP contribution in [0.3, 0.4) is 0 Å². The van der Waals surface area contributed by atoms with Gasteiger partial charge in [-0.1, -0.05) is 0 Å². The fraction of sp³-hybridized carbons (Fsp3) is 0.778. The molecule has 3 heterocycles. The van der Waals surface area contributed by atoms with Crippen molar-refractivity contribution in [3.05, 3.63) is 17.5 Å². The third-order valence-corrected chi connectivity index (χ3v) is 5.51. The number of ether oxygens (including phenoxy) is 2. The quantitative estimate of drug-likeness (QED) is 0.846. The van der Waals surface area contributed by atoms with Gasteiger partial charge in [-0.2, -0.15) is 5.10 Å². The van der Waals surface area contributed by atoms with Crippen LogP contribution in [-0.4, -0.2) is 59.6 Å². The molecule has 0 N–H and O–H groups in total. The van der Waals surface area contributed by atoms with Gasteiger partial charge in [0.05, 0.1) is 11.3 Å². The topological polar surface area (TPSA) is 56.6 Å². The highest BCUT2D eigenvalue weighted by atomic mass is 16.5. The summed E-state index contributed by atoms with van der Waals surface area (Å²) in [7, 11) is 3.59. The summed E-state index contributed by atoms with van der Waals surface area (Å²) in [5.74, 6) is 0.764. The number of carbonyl (C=O) groups excluding carboxylic acids is 1. The number of amides is 1. The third kappa shape index (κ3) is 3.64. The van der Waals surface area contributed by atoms with Crippen molar-refractivity contribution in [1.29, 1.82) is 0 Å². The number of aromatic nitrogens is 2. The predicted molar refractivity (Wildman–Crippen MR) is 91.0 cm³/mol. The van der Waals surface area contributed by atoms with E-state index < -0.39 is 0 Å². The van der Waals surface area contributed by atoms with E-state index in [1.165, 1.54) is 0 Å². The highest BCUT2D eigenvalue weighted by Gasteiger charge is 2.41. The normalized spacial score (nSPS) is 23.6. The Labute approximate surface area is 144 Å². The Kier molecular flexibility index (Phi) is 5.25. The van der Waals surface area contributed by atoms with Gasteiger partial charge in [0.25, 0.3) is 5.91 Å². The van der Waals surface area contributed by atoms with Crippen molar-refractivity contribution >= 4 is 5.91 Å². The summed E-state index contributed by atoms with van der Waals surface area (Å²) in [6, 6.07) is 1.87. The van der Waals surface area contributed by atoms with Crippen molar-refractivity contribution in [2.24, 2.45) is 13.0 Å². The Morgan fingerprint density at radius 3 is 2.83 bits per heavy atom. The second kappa shape index (κ2) is 7.23. The number of methoxy groups -OCH3 is 1. The molecule has 134 valence electrons. The lowest BCUT2D eigenvalue weighted by Gasteiger charge is -2.46. The van der Waals surface area contributed by atoms with Crippen LogP contribution in [-0.2, 0) is 16.5 Å². The molecular formula is C18H29N3O3. The molecule has 6 heteroatoms. The smallest absolute Gasteiger partial charge is 0.272 e. The summed E-state index contributed by atoms with van der Waals surface area (Å²) in [6.45, 7) is 5.10. The molecule has 1 atom stereocenters. The Morgan fingerprint density at radius 2 is 2.21 bits per heavy atom. The van der Waals surface area contributed by atoms with Crippen LogP contribution in [0.2, 0.25) is 0 Å². The molecule has 6 nitrogen and oxygen atoms in total. The van der Waals surface area contributed by atoms with Gasteiger partial charge in [0.1, 0.15) is 5.69 Å². The molecule has 2 fully saturated rings. The molecule has 1 unspecified atom stereocenters. The third-order valence-electron chi connectivity index (χ3n) is 5.51. The molecule has 1 aromatic rings. The van der Waals surface area contributed by atoms with Crippen molar-refractivity contribution in [2.75, 3.05) is 33.4 Å².